The second-order valence-electron chi connectivity index (χ2n) is 12.0. The SMILES string of the molecule is CC(C)CCC[C@@H](C)[C@H]1CC[C@H]2[C@H]3C(=O)[C@H]4CC(=O)CC[C@]4(C)[C@@H]3CC[C@]12C. The Bertz CT molecular complexity index is 636. The Morgan fingerprint density at radius 2 is 1.64 bits per heavy atom. The highest BCUT2D eigenvalue weighted by molar-refractivity contribution is 5.93. The van der Waals surface area contributed by atoms with Crippen molar-refractivity contribution in [3.63, 3.8) is 0 Å². The predicted molar refractivity (Wildman–Crippen MR) is 114 cm³/mol. The zero-order chi connectivity index (χ0) is 20.3. The van der Waals surface area contributed by atoms with E-state index < -0.39 is 0 Å². The molecule has 28 heavy (non-hydrogen) atoms. The minimum atomic E-state index is 0.0358. The molecule has 0 spiro atoms. The molecule has 0 N–H and O–H groups in total. The fourth-order valence-corrected chi connectivity index (χ4v) is 8.55. The van der Waals surface area contributed by atoms with Crippen molar-refractivity contribution in [1.82, 2.24) is 0 Å². The van der Waals surface area contributed by atoms with E-state index in [1.165, 1.54) is 44.9 Å². The van der Waals surface area contributed by atoms with Crippen LogP contribution in [0.5, 0.6) is 0 Å². The molecule has 158 valence electrons. The van der Waals surface area contributed by atoms with Gasteiger partial charge in [0.2, 0.25) is 0 Å². The molecular weight excluding hydrogens is 344 g/mol. The van der Waals surface area contributed by atoms with Crippen LogP contribution in [0.1, 0.15) is 98.8 Å². The topological polar surface area (TPSA) is 34.1 Å². The molecule has 4 rings (SSSR count). The first-order chi connectivity index (χ1) is 13.2. The van der Waals surface area contributed by atoms with Gasteiger partial charge in [-0.2, -0.15) is 0 Å². The minimum Gasteiger partial charge on any atom is -0.300 e. The maximum Gasteiger partial charge on any atom is 0.140 e. The molecule has 0 heterocycles. The summed E-state index contributed by atoms with van der Waals surface area (Å²) in [7, 11) is 0. The molecule has 2 nitrogen and oxygen atoms in total. The number of hydrogen-bond acceptors (Lipinski definition) is 2. The van der Waals surface area contributed by atoms with Gasteiger partial charge in [-0.1, -0.05) is 53.9 Å². The molecule has 4 saturated carbocycles. The molecule has 0 aromatic rings. The normalized spacial score (nSPS) is 46.4. The molecule has 4 aliphatic carbocycles. The Morgan fingerprint density at radius 3 is 2.36 bits per heavy atom. The fraction of sp³-hybridized carbons (Fsp3) is 0.923. The van der Waals surface area contributed by atoms with E-state index in [1.54, 1.807) is 0 Å². The first kappa shape index (κ1) is 20.6. The second-order valence-corrected chi connectivity index (χ2v) is 12.0. The average molecular weight is 387 g/mol. The molecule has 0 aromatic carbocycles. The van der Waals surface area contributed by atoms with Crippen molar-refractivity contribution in [1.29, 1.82) is 0 Å². The first-order valence-electron chi connectivity index (χ1n) is 12.2. The van der Waals surface area contributed by atoms with Gasteiger partial charge in [0.1, 0.15) is 11.6 Å². The summed E-state index contributed by atoms with van der Waals surface area (Å²) in [6.45, 7) is 12.0. The van der Waals surface area contributed by atoms with Crippen LogP contribution in [0.2, 0.25) is 0 Å². The smallest absolute Gasteiger partial charge is 0.140 e. The van der Waals surface area contributed by atoms with Gasteiger partial charge in [0, 0.05) is 24.7 Å². The monoisotopic (exact) mass is 386 g/mol. The third kappa shape index (κ3) is 3.03. The molecule has 2 heteroatoms. The van der Waals surface area contributed by atoms with Gasteiger partial charge in [0.05, 0.1) is 0 Å². The number of rotatable bonds is 5. The summed E-state index contributed by atoms with van der Waals surface area (Å²) >= 11 is 0. The van der Waals surface area contributed by atoms with E-state index in [0.717, 1.165) is 24.2 Å². The maximum atomic E-state index is 13.6. The van der Waals surface area contributed by atoms with E-state index >= 15 is 0 Å². The number of carbonyl (C=O) groups excluding carboxylic acids is 2. The van der Waals surface area contributed by atoms with Crippen LogP contribution in [0.25, 0.3) is 0 Å². The number of Topliss-reactive ketones (excluding diaryl/α,β-unsaturated/α-hetero) is 2. The number of hydrogen-bond donors (Lipinski definition) is 0. The molecule has 0 bridgehead atoms. The van der Waals surface area contributed by atoms with Crippen molar-refractivity contribution < 1.29 is 9.59 Å². The van der Waals surface area contributed by atoms with E-state index in [4.69, 9.17) is 0 Å². The Kier molecular flexibility index (Phi) is 5.33. The molecule has 0 saturated heterocycles. The van der Waals surface area contributed by atoms with Gasteiger partial charge >= 0.3 is 0 Å². The van der Waals surface area contributed by atoms with Gasteiger partial charge in [-0.05, 0) is 72.5 Å². The number of carbonyl (C=O) groups is 2. The third-order valence-corrected chi connectivity index (χ3v) is 10.2. The van der Waals surface area contributed by atoms with Gasteiger partial charge in [-0.3, -0.25) is 9.59 Å². The summed E-state index contributed by atoms with van der Waals surface area (Å²) in [5, 5.41) is 0. The van der Waals surface area contributed by atoms with E-state index in [1.807, 2.05) is 0 Å². The third-order valence-electron chi connectivity index (χ3n) is 10.2. The van der Waals surface area contributed by atoms with Crippen LogP contribution in [0.3, 0.4) is 0 Å². The van der Waals surface area contributed by atoms with Crippen LogP contribution in [-0.2, 0) is 9.59 Å². The fourth-order valence-electron chi connectivity index (χ4n) is 8.55. The first-order valence-corrected chi connectivity index (χ1v) is 12.2. The van der Waals surface area contributed by atoms with Crippen molar-refractivity contribution in [2.75, 3.05) is 0 Å². The highest BCUT2D eigenvalue weighted by Crippen LogP contribution is 2.69. The van der Waals surface area contributed by atoms with E-state index in [9.17, 15) is 9.59 Å². The molecule has 0 radical (unpaired) electrons. The Hall–Kier alpha value is -0.660. The Balaban J connectivity index is 1.53. The number of fused-ring (bicyclic) bond motifs is 5. The largest absolute Gasteiger partial charge is 0.300 e. The lowest BCUT2D eigenvalue weighted by Gasteiger charge is -2.50. The van der Waals surface area contributed by atoms with Gasteiger partial charge in [-0.15, -0.1) is 0 Å². The van der Waals surface area contributed by atoms with Gasteiger partial charge in [0.15, 0.2) is 0 Å². The molecule has 0 aliphatic heterocycles. The highest BCUT2D eigenvalue weighted by Gasteiger charge is 2.66. The van der Waals surface area contributed by atoms with Crippen molar-refractivity contribution in [2.24, 2.45) is 52.3 Å². The van der Waals surface area contributed by atoms with Crippen LogP contribution in [0, 0.1) is 52.3 Å². The Labute approximate surface area is 172 Å². The lowest BCUT2D eigenvalue weighted by atomic mass is 9.53. The van der Waals surface area contributed by atoms with Gasteiger partial charge in [-0.25, -0.2) is 0 Å². The van der Waals surface area contributed by atoms with Gasteiger partial charge in [0.25, 0.3) is 0 Å². The predicted octanol–water partition coefficient (Wildman–Crippen LogP) is 6.47. The summed E-state index contributed by atoms with van der Waals surface area (Å²) in [6.07, 6.45) is 11.4. The molecule has 0 amide bonds. The van der Waals surface area contributed by atoms with Crippen molar-refractivity contribution >= 4 is 11.6 Å². The van der Waals surface area contributed by atoms with Crippen LogP contribution >= 0.6 is 0 Å². The zero-order valence-corrected chi connectivity index (χ0v) is 18.9. The van der Waals surface area contributed by atoms with Crippen molar-refractivity contribution in [3.05, 3.63) is 0 Å². The summed E-state index contributed by atoms with van der Waals surface area (Å²) in [5.41, 5.74) is 0.458. The summed E-state index contributed by atoms with van der Waals surface area (Å²) in [5.74, 6) is 4.61. The van der Waals surface area contributed by atoms with Crippen LogP contribution in [0.15, 0.2) is 0 Å². The summed E-state index contributed by atoms with van der Waals surface area (Å²) in [4.78, 5) is 25.7. The molecule has 0 unspecified atom stereocenters. The molecule has 4 fully saturated rings. The van der Waals surface area contributed by atoms with E-state index in [2.05, 4.69) is 34.6 Å². The summed E-state index contributed by atoms with van der Waals surface area (Å²) < 4.78 is 0. The van der Waals surface area contributed by atoms with Crippen LogP contribution < -0.4 is 0 Å². The van der Waals surface area contributed by atoms with Crippen LogP contribution in [-0.4, -0.2) is 11.6 Å². The van der Waals surface area contributed by atoms with Gasteiger partial charge < -0.3 is 0 Å². The second kappa shape index (κ2) is 7.24. The van der Waals surface area contributed by atoms with Crippen molar-refractivity contribution in [2.45, 2.75) is 98.8 Å². The summed E-state index contributed by atoms with van der Waals surface area (Å²) in [6, 6.07) is 0. The molecule has 4 aliphatic rings. The quantitative estimate of drug-likeness (QED) is 0.543. The number of ketones is 2. The van der Waals surface area contributed by atoms with Crippen molar-refractivity contribution in [3.8, 4) is 0 Å². The zero-order valence-electron chi connectivity index (χ0n) is 18.9. The lowest BCUT2D eigenvalue weighted by Crippen LogP contribution is -2.45. The highest BCUT2D eigenvalue weighted by atomic mass is 16.1. The minimum absolute atomic E-state index is 0.0358. The standard InChI is InChI=1S/C26H42O2/c1-16(2)7-6-8-17(3)19-9-10-20-23-21(12-14-25(19,20)4)26(5)13-11-18(27)15-22(26)24(23)28/h16-17,19-23H,6-15H2,1-5H3/t17-,19-,20+,21-,22-,23-,25-,26-/m1/s1. The lowest BCUT2D eigenvalue weighted by molar-refractivity contribution is -0.134. The molecular formula is C26H42O2. The Morgan fingerprint density at radius 1 is 0.929 bits per heavy atom. The molecule has 8 atom stereocenters. The molecule has 0 aromatic heterocycles. The van der Waals surface area contributed by atoms with Crippen LogP contribution in [0.4, 0.5) is 0 Å². The van der Waals surface area contributed by atoms with E-state index in [0.29, 0.717) is 41.7 Å². The maximum absolute atomic E-state index is 13.6. The average Bonchev–Trinajstić information content (AvgIpc) is 3.08. The van der Waals surface area contributed by atoms with E-state index in [-0.39, 0.29) is 17.3 Å².